The molecule has 0 saturated heterocycles. The van der Waals surface area contributed by atoms with Gasteiger partial charge in [-0.25, -0.2) is 0 Å². The summed E-state index contributed by atoms with van der Waals surface area (Å²) in [4.78, 5) is 39.6. The van der Waals surface area contributed by atoms with E-state index in [-0.39, 0.29) is 42.0 Å². The maximum Gasteiger partial charge on any atom is 0.242 e. The molecule has 0 aliphatic heterocycles. The summed E-state index contributed by atoms with van der Waals surface area (Å²) in [6.45, 7) is 5.89. The largest absolute Gasteiger partial charge is 0.493 e. The van der Waals surface area contributed by atoms with Crippen molar-refractivity contribution in [3.63, 3.8) is 0 Å². The van der Waals surface area contributed by atoms with E-state index in [0.717, 1.165) is 11.1 Å². The topological polar surface area (TPSA) is 133 Å². The van der Waals surface area contributed by atoms with Crippen LogP contribution >= 0.6 is 0 Å². The fourth-order valence-electron chi connectivity index (χ4n) is 5.88. The van der Waals surface area contributed by atoms with Crippen molar-refractivity contribution in [3.05, 3.63) is 69.9 Å². The molecule has 0 fully saturated rings. The van der Waals surface area contributed by atoms with Crippen LogP contribution in [0.25, 0.3) is 11.1 Å². The molecule has 0 unspecified atom stereocenters. The monoisotopic (exact) mass is 647 g/mol. The first kappa shape index (κ1) is 34.9. The molecule has 0 heterocycles. The fourth-order valence-corrected chi connectivity index (χ4v) is 5.88. The van der Waals surface area contributed by atoms with E-state index in [1.165, 1.54) is 20.1 Å². The van der Waals surface area contributed by atoms with Crippen LogP contribution in [0.4, 0.5) is 5.69 Å². The number of para-hydroxylation sites is 2. The van der Waals surface area contributed by atoms with Gasteiger partial charge >= 0.3 is 0 Å². The Morgan fingerprint density at radius 2 is 1.62 bits per heavy atom. The molecule has 2 amide bonds. The van der Waals surface area contributed by atoms with E-state index in [1.807, 2.05) is 38.1 Å². The zero-order valence-electron chi connectivity index (χ0n) is 28.2. The Morgan fingerprint density at radius 3 is 2.26 bits per heavy atom. The average molecular weight is 648 g/mol. The van der Waals surface area contributed by atoms with Crippen LogP contribution in [0.15, 0.2) is 53.3 Å². The fraction of sp³-hybridized carbons (Fsp3) is 0.417. The molecule has 0 bridgehead atoms. The zero-order chi connectivity index (χ0) is 34.1. The van der Waals surface area contributed by atoms with Crippen LogP contribution in [0.2, 0.25) is 0 Å². The van der Waals surface area contributed by atoms with E-state index >= 15 is 0 Å². The second-order valence-electron chi connectivity index (χ2n) is 11.4. The van der Waals surface area contributed by atoms with Crippen molar-refractivity contribution in [1.29, 1.82) is 0 Å². The van der Waals surface area contributed by atoms with E-state index in [2.05, 4.69) is 16.0 Å². The van der Waals surface area contributed by atoms with Crippen LogP contribution in [-0.2, 0) is 16.0 Å². The molecule has 3 atom stereocenters. The second-order valence-corrected chi connectivity index (χ2v) is 11.4. The molecule has 0 aromatic heterocycles. The molecule has 252 valence electrons. The molecule has 3 aromatic rings. The standard InChI is InChI=1S/C36H45N3O8/c1-8-21(2)33(36(42)37-17-18-47-30-12-10-9-11-29(30)43-4)39-27-16-14-24-25(20-28(27)41)26(38-22(3)40)15-13-23-19-31(44-5)34(45-6)35(46-7)32(23)24/h9-12,14,16,19-21,26,33H,8,13,15,17-18H2,1-7H3,(H,37,42)(H,38,40)(H,39,41)/t21-,26-,33+/m0/s1. The Hall–Kier alpha value is -4.93. The summed E-state index contributed by atoms with van der Waals surface area (Å²) in [7, 11) is 6.23. The summed E-state index contributed by atoms with van der Waals surface area (Å²) in [6, 6.07) is 13.1. The van der Waals surface area contributed by atoms with Gasteiger partial charge in [-0.15, -0.1) is 0 Å². The van der Waals surface area contributed by atoms with Crippen molar-refractivity contribution in [1.82, 2.24) is 10.6 Å². The summed E-state index contributed by atoms with van der Waals surface area (Å²) in [6.07, 6.45) is 1.83. The summed E-state index contributed by atoms with van der Waals surface area (Å²) >= 11 is 0. The minimum Gasteiger partial charge on any atom is -0.493 e. The molecule has 11 nitrogen and oxygen atoms in total. The van der Waals surface area contributed by atoms with E-state index in [9.17, 15) is 14.4 Å². The van der Waals surface area contributed by atoms with Gasteiger partial charge in [0.05, 0.1) is 46.7 Å². The number of carbonyl (C=O) groups is 2. The molecule has 11 heteroatoms. The molecular weight excluding hydrogens is 602 g/mol. The normalized spacial score (nSPS) is 14.7. The van der Waals surface area contributed by atoms with Crippen LogP contribution in [0.1, 0.15) is 50.8 Å². The lowest BCUT2D eigenvalue weighted by Gasteiger charge is -2.24. The molecular formula is C36H45N3O8. The number of anilines is 1. The highest BCUT2D eigenvalue weighted by molar-refractivity contribution is 5.86. The first-order valence-corrected chi connectivity index (χ1v) is 15.7. The predicted octanol–water partition coefficient (Wildman–Crippen LogP) is 4.89. The number of methoxy groups -OCH3 is 4. The summed E-state index contributed by atoms with van der Waals surface area (Å²) < 4.78 is 28.3. The van der Waals surface area contributed by atoms with Gasteiger partial charge in [0, 0.05) is 12.5 Å². The van der Waals surface area contributed by atoms with Crippen LogP contribution in [0.3, 0.4) is 0 Å². The smallest absolute Gasteiger partial charge is 0.242 e. The van der Waals surface area contributed by atoms with Gasteiger partial charge in [0.2, 0.25) is 23.0 Å². The quantitative estimate of drug-likeness (QED) is 0.209. The highest BCUT2D eigenvalue weighted by Crippen LogP contribution is 2.50. The lowest BCUT2D eigenvalue weighted by Crippen LogP contribution is -2.45. The van der Waals surface area contributed by atoms with Gasteiger partial charge in [-0.05, 0) is 65.8 Å². The van der Waals surface area contributed by atoms with Crippen molar-refractivity contribution in [2.24, 2.45) is 5.92 Å². The Labute approximate surface area is 275 Å². The van der Waals surface area contributed by atoms with Crippen molar-refractivity contribution >= 4 is 17.5 Å². The molecule has 3 N–H and O–H groups in total. The molecule has 1 aliphatic rings. The number of hydrogen-bond donors (Lipinski definition) is 3. The summed E-state index contributed by atoms with van der Waals surface area (Å²) in [5, 5.41) is 9.19. The van der Waals surface area contributed by atoms with Crippen molar-refractivity contribution < 1.29 is 33.3 Å². The maximum atomic E-state index is 13.9. The number of rotatable bonds is 14. The maximum absolute atomic E-state index is 13.9. The molecule has 4 rings (SSSR count). The van der Waals surface area contributed by atoms with Crippen LogP contribution in [0, 0.1) is 5.92 Å². The minimum atomic E-state index is -0.696. The number of hydrogen-bond acceptors (Lipinski definition) is 9. The minimum absolute atomic E-state index is 0.0995. The second kappa shape index (κ2) is 16.1. The molecule has 3 aromatic carbocycles. The number of nitrogens with one attached hydrogen (secondary N) is 3. The van der Waals surface area contributed by atoms with Crippen LogP contribution in [-0.4, -0.2) is 59.4 Å². The summed E-state index contributed by atoms with van der Waals surface area (Å²) in [5.74, 6) is 2.03. The molecule has 1 aliphatic carbocycles. The Kier molecular flexibility index (Phi) is 11.9. The van der Waals surface area contributed by atoms with Gasteiger partial charge in [-0.1, -0.05) is 38.5 Å². The third kappa shape index (κ3) is 7.90. The van der Waals surface area contributed by atoms with Gasteiger partial charge in [0.25, 0.3) is 0 Å². The first-order valence-electron chi connectivity index (χ1n) is 15.7. The molecule has 0 radical (unpaired) electrons. The third-order valence-electron chi connectivity index (χ3n) is 8.45. The third-order valence-corrected chi connectivity index (χ3v) is 8.45. The zero-order valence-corrected chi connectivity index (χ0v) is 28.2. The molecule has 0 spiro atoms. The number of ether oxygens (including phenoxy) is 5. The molecule has 47 heavy (non-hydrogen) atoms. The van der Waals surface area contributed by atoms with E-state index in [1.54, 1.807) is 39.5 Å². The average Bonchev–Trinajstić information content (AvgIpc) is 3.32. The Balaban J connectivity index is 1.69. The van der Waals surface area contributed by atoms with E-state index in [0.29, 0.717) is 59.1 Å². The van der Waals surface area contributed by atoms with Gasteiger partial charge in [0.15, 0.2) is 23.0 Å². The van der Waals surface area contributed by atoms with Crippen molar-refractivity contribution in [3.8, 4) is 39.9 Å². The number of aryl methyl sites for hydroxylation is 1. The molecule has 0 saturated carbocycles. The Morgan fingerprint density at radius 1 is 0.915 bits per heavy atom. The number of amides is 2. The van der Waals surface area contributed by atoms with Gasteiger partial charge in [-0.2, -0.15) is 0 Å². The van der Waals surface area contributed by atoms with Gasteiger partial charge in [0.1, 0.15) is 12.6 Å². The number of benzene rings is 2. The Bertz CT molecular complexity index is 1640. The van der Waals surface area contributed by atoms with Crippen molar-refractivity contribution in [2.75, 3.05) is 46.9 Å². The highest BCUT2D eigenvalue weighted by atomic mass is 16.5. The van der Waals surface area contributed by atoms with Crippen LogP contribution < -0.4 is 45.1 Å². The first-order chi connectivity index (χ1) is 22.7. The van der Waals surface area contributed by atoms with E-state index in [4.69, 9.17) is 23.7 Å². The summed E-state index contributed by atoms with van der Waals surface area (Å²) in [5.41, 5.74) is 2.96. The predicted molar refractivity (Wildman–Crippen MR) is 181 cm³/mol. The van der Waals surface area contributed by atoms with Crippen LogP contribution in [0.5, 0.6) is 28.7 Å². The van der Waals surface area contributed by atoms with Crippen molar-refractivity contribution in [2.45, 2.75) is 52.1 Å². The number of carbonyl (C=O) groups excluding carboxylic acids is 2. The van der Waals surface area contributed by atoms with Gasteiger partial charge in [-0.3, -0.25) is 14.4 Å². The van der Waals surface area contributed by atoms with Gasteiger partial charge < -0.3 is 39.6 Å². The SMILES string of the molecule is CC[C@H](C)[C@@H](Nc1ccc2c(cc1=O)[C@@H](NC(C)=O)CCc1cc(OC)c(OC)c(OC)c1-2)C(=O)NCCOc1ccccc1OC. The lowest BCUT2D eigenvalue weighted by atomic mass is 9.95. The number of fused-ring (bicyclic) bond motifs is 3. The lowest BCUT2D eigenvalue weighted by molar-refractivity contribution is -0.123. The van der Waals surface area contributed by atoms with E-state index < -0.39 is 12.1 Å². The highest BCUT2D eigenvalue weighted by Gasteiger charge is 2.30.